The Bertz CT molecular complexity index is 475. The van der Waals surface area contributed by atoms with Crippen LogP contribution in [0.3, 0.4) is 0 Å². The number of likely N-dealkylation sites (N-methyl/N-ethyl adjacent to an activating group) is 1. The summed E-state index contributed by atoms with van der Waals surface area (Å²) in [6, 6.07) is 7.35. The van der Waals surface area contributed by atoms with Gasteiger partial charge in [0.2, 0.25) is 0 Å². The smallest absolute Gasteiger partial charge is 0.193 e. The third kappa shape index (κ3) is 11.5. The van der Waals surface area contributed by atoms with Crippen molar-refractivity contribution in [2.45, 2.75) is 6.42 Å². The van der Waals surface area contributed by atoms with Crippen LogP contribution >= 0.6 is 35.6 Å². The molecule has 0 bridgehead atoms. The van der Waals surface area contributed by atoms with Crippen molar-refractivity contribution >= 4 is 41.5 Å². The van der Waals surface area contributed by atoms with Gasteiger partial charge in [-0.25, -0.2) is 0 Å². The Kier molecular flexibility index (Phi) is 15.0. The first-order valence-corrected chi connectivity index (χ1v) is 8.42. The van der Waals surface area contributed by atoms with Crippen molar-refractivity contribution in [3.8, 4) is 5.75 Å². The van der Waals surface area contributed by atoms with Gasteiger partial charge in [0.05, 0.1) is 19.8 Å². The Morgan fingerprint density at radius 3 is 2.52 bits per heavy atom. The molecule has 0 saturated heterocycles. The topological polar surface area (TPSA) is 55.3 Å². The summed E-state index contributed by atoms with van der Waals surface area (Å²) in [4.78, 5) is 6.30. The van der Waals surface area contributed by atoms with Crippen LogP contribution in [-0.2, 0) is 9.47 Å². The van der Waals surface area contributed by atoms with E-state index in [1.807, 2.05) is 36.2 Å². The summed E-state index contributed by atoms with van der Waals surface area (Å²) in [5.74, 6) is 1.65. The van der Waals surface area contributed by atoms with Gasteiger partial charge in [-0.3, -0.25) is 4.99 Å². The van der Waals surface area contributed by atoms with Crippen LogP contribution in [0.15, 0.2) is 29.3 Å². The van der Waals surface area contributed by atoms with Crippen LogP contribution in [0.1, 0.15) is 6.42 Å². The van der Waals surface area contributed by atoms with Crippen molar-refractivity contribution in [2.24, 2.45) is 4.99 Å². The number of aliphatic imine (C=N–C) groups is 1. The minimum Gasteiger partial charge on any atom is -0.492 e. The summed E-state index contributed by atoms with van der Waals surface area (Å²) in [5.41, 5.74) is 0. The van der Waals surface area contributed by atoms with Crippen molar-refractivity contribution in [3.05, 3.63) is 29.3 Å². The molecule has 8 heteroatoms. The normalized spacial score (nSPS) is 11.0. The van der Waals surface area contributed by atoms with E-state index in [2.05, 4.69) is 10.3 Å². The molecule has 0 atom stereocenters. The van der Waals surface area contributed by atoms with E-state index in [0.29, 0.717) is 31.5 Å². The summed E-state index contributed by atoms with van der Waals surface area (Å²) in [6.07, 6.45) is 0.915. The Morgan fingerprint density at radius 2 is 1.88 bits per heavy atom. The lowest BCUT2D eigenvalue weighted by Crippen LogP contribution is -2.41. The minimum absolute atomic E-state index is 0. The maximum atomic E-state index is 5.85. The number of halogens is 2. The molecule has 0 radical (unpaired) electrons. The number of nitrogens with zero attached hydrogens (tertiary/aromatic N) is 2. The number of hydrogen-bond donors (Lipinski definition) is 1. The molecule has 0 heterocycles. The van der Waals surface area contributed by atoms with E-state index < -0.39 is 0 Å². The number of benzene rings is 1. The molecule has 0 amide bonds. The molecule has 1 rings (SSSR count). The molecular weight excluding hydrogens is 457 g/mol. The average molecular weight is 486 g/mol. The monoisotopic (exact) mass is 485 g/mol. The van der Waals surface area contributed by atoms with Gasteiger partial charge in [0.15, 0.2) is 5.96 Å². The lowest BCUT2D eigenvalue weighted by molar-refractivity contribution is 0.0698. The standard InChI is InChI=1S/C17H28ClN3O3.HI/c1-19-17(20-9-4-11-23-14-13-22-3)21(2)10-12-24-16-7-5-15(18)6-8-16;/h5-8H,4,9-14H2,1-3H3,(H,19,20);1H. The molecule has 0 aliphatic rings. The highest BCUT2D eigenvalue weighted by Gasteiger charge is 2.05. The zero-order valence-corrected chi connectivity index (χ0v) is 18.3. The van der Waals surface area contributed by atoms with E-state index >= 15 is 0 Å². The molecule has 0 aliphatic heterocycles. The third-order valence-corrected chi connectivity index (χ3v) is 3.51. The van der Waals surface area contributed by atoms with Gasteiger partial charge in [-0.05, 0) is 30.7 Å². The van der Waals surface area contributed by atoms with Crippen LogP contribution in [-0.4, -0.2) is 71.6 Å². The van der Waals surface area contributed by atoms with Gasteiger partial charge in [-0.15, -0.1) is 24.0 Å². The molecule has 25 heavy (non-hydrogen) atoms. The van der Waals surface area contributed by atoms with E-state index in [4.69, 9.17) is 25.8 Å². The lowest BCUT2D eigenvalue weighted by atomic mass is 10.3. The van der Waals surface area contributed by atoms with Crippen LogP contribution in [0.5, 0.6) is 5.75 Å². The van der Waals surface area contributed by atoms with E-state index in [9.17, 15) is 0 Å². The quantitative estimate of drug-likeness (QED) is 0.226. The molecule has 0 aliphatic carbocycles. The summed E-state index contributed by atoms with van der Waals surface area (Å²) in [6.45, 7) is 4.07. The van der Waals surface area contributed by atoms with Gasteiger partial charge in [-0.1, -0.05) is 11.6 Å². The second-order valence-electron chi connectivity index (χ2n) is 5.16. The third-order valence-electron chi connectivity index (χ3n) is 3.26. The van der Waals surface area contributed by atoms with Gasteiger partial charge in [0.25, 0.3) is 0 Å². The van der Waals surface area contributed by atoms with Crippen molar-refractivity contribution < 1.29 is 14.2 Å². The predicted octanol–water partition coefficient (Wildman–Crippen LogP) is 2.90. The zero-order valence-electron chi connectivity index (χ0n) is 15.2. The Labute approximate surface area is 172 Å². The van der Waals surface area contributed by atoms with Crippen LogP contribution in [0.4, 0.5) is 0 Å². The summed E-state index contributed by atoms with van der Waals surface area (Å²) in [5, 5.41) is 4.01. The number of rotatable bonds is 11. The van der Waals surface area contributed by atoms with Crippen LogP contribution < -0.4 is 10.1 Å². The fourth-order valence-electron chi connectivity index (χ4n) is 1.94. The number of guanidine groups is 1. The molecule has 1 aromatic rings. The van der Waals surface area contributed by atoms with Gasteiger partial charge >= 0.3 is 0 Å². The van der Waals surface area contributed by atoms with Crippen LogP contribution in [0.2, 0.25) is 5.02 Å². The second kappa shape index (κ2) is 15.5. The SMILES string of the molecule is CN=C(NCCCOCCOC)N(C)CCOc1ccc(Cl)cc1.I. The zero-order chi connectivity index (χ0) is 17.6. The Balaban J connectivity index is 0.00000576. The first kappa shape index (κ1) is 24.2. The summed E-state index contributed by atoms with van der Waals surface area (Å²) in [7, 11) is 5.42. The largest absolute Gasteiger partial charge is 0.492 e. The second-order valence-corrected chi connectivity index (χ2v) is 5.59. The first-order chi connectivity index (χ1) is 11.7. The maximum Gasteiger partial charge on any atom is 0.193 e. The maximum absolute atomic E-state index is 5.85. The van der Waals surface area contributed by atoms with Crippen molar-refractivity contribution in [2.75, 3.05) is 60.7 Å². The van der Waals surface area contributed by atoms with Crippen LogP contribution in [0, 0.1) is 0 Å². The van der Waals surface area contributed by atoms with Gasteiger partial charge in [0, 0.05) is 39.4 Å². The number of methoxy groups -OCH3 is 1. The minimum atomic E-state index is 0. The van der Waals surface area contributed by atoms with Crippen molar-refractivity contribution in [1.29, 1.82) is 0 Å². The highest BCUT2D eigenvalue weighted by molar-refractivity contribution is 14.0. The molecule has 0 aromatic heterocycles. The molecule has 0 fully saturated rings. The molecule has 0 saturated carbocycles. The number of hydrogen-bond acceptors (Lipinski definition) is 4. The van der Waals surface area contributed by atoms with E-state index in [1.54, 1.807) is 14.2 Å². The number of nitrogens with one attached hydrogen (secondary N) is 1. The van der Waals surface area contributed by atoms with E-state index in [-0.39, 0.29) is 24.0 Å². The highest BCUT2D eigenvalue weighted by Crippen LogP contribution is 2.15. The van der Waals surface area contributed by atoms with Crippen molar-refractivity contribution in [3.63, 3.8) is 0 Å². The van der Waals surface area contributed by atoms with E-state index in [0.717, 1.165) is 31.2 Å². The predicted molar refractivity (Wildman–Crippen MR) is 114 cm³/mol. The van der Waals surface area contributed by atoms with Gasteiger partial charge < -0.3 is 24.4 Å². The highest BCUT2D eigenvalue weighted by atomic mass is 127. The average Bonchev–Trinajstić information content (AvgIpc) is 2.59. The fourth-order valence-corrected chi connectivity index (χ4v) is 2.07. The first-order valence-electron chi connectivity index (χ1n) is 8.04. The number of ether oxygens (including phenoxy) is 3. The van der Waals surface area contributed by atoms with Gasteiger partial charge in [-0.2, -0.15) is 0 Å². The molecule has 6 nitrogen and oxygen atoms in total. The van der Waals surface area contributed by atoms with Crippen LogP contribution in [0.25, 0.3) is 0 Å². The molecule has 0 spiro atoms. The lowest BCUT2D eigenvalue weighted by Gasteiger charge is -2.22. The Morgan fingerprint density at radius 1 is 1.16 bits per heavy atom. The summed E-state index contributed by atoms with van der Waals surface area (Å²) >= 11 is 5.85. The summed E-state index contributed by atoms with van der Waals surface area (Å²) < 4.78 is 16.0. The van der Waals surface area contributed by atoms with Gasteiger partial charge in [0.1, 0.15) is 12.4 Å². The Hall–Kier alpha value is -0.770. The molecule has 1 aromatic carbocycles. The fraction of sp³-hybridized carbons (Fsp3) is 0.588. The van der Waals surface area contributed by atoms with Crippen molar-refractivity contribution in [1.82, 2.24) is 10.2 Å². The molecular formula is C17H29ClIN3O3. The molecule has 0 unspecified atom stereocenters. The molecule has 144 valence electrons. The van der Waals surface area contributed by atoms with E-state index in [1.165, 1.54) is 0 Å². The molecule has 1 N–H and O–H groups in total.